The minimum atomic E-state index is 0.792. The molecule has 0 spiro atoms. The lowest BCUT2D eigenvalue weighted by molar-refractivity contribution is 1.11. The van der Waals surface area contributed by atoms with Gasteiger partial charge in [-0.25, -0.2) is 0 Å². The molecule has 0 heterocycles. The van der Waals surface area contributed by atoms with Gasteiger partial charge in [-0.05, 0) is 17.9 Å². The maximum absolute atomic E-state index is 5.57. The van der Waals surface area contributed by atoms with E-state index in [9.17, 15) is 0 Å². The third-order valence-electron chi connectivity index (χ3n) is 1.41. The number of rotatable bonds is 4. The van der Waals surface area contributed by atoms with E-state index in [1.165, 1.54) is 11.5 Å². The summed E-state index contributed by atoms with van der Waals surface area (Å²) in [5, 5.41) is 1.44. The molecular formula is C9H12ClP. The zero-order chi connectivity index (χ0) is 7.94. The fourth-order valence-corrected chi connectivity index (χ4v) is 2.28. The van der Waals surface area contributed by atoms with Crippen LogP contribution >= 0.6 is 20.2 Å². The van der Waals surface area contributed by atoms with Crippen LogP contribution in [0.1, 0.15) is 6.42 Å². The molecule has 0 saturated heterocycles. The van der Waals surface area contributed by atoms with Gasteiger partial charge < -0.3 is 0 Å². The lowest BCUT2D eigenvalue weighted by Crippen LogP contribution is -1.93. The molecule has 0 saturated carbocycles. The van der Waals surface area contributed by atoms with Crippen molar-refractivity contribution in [3.8, 4) is 0 Å². The fourth-order valence-electron chi connectivity index (χ4n) is 0.856. The molecule has 0 bridgehead atoms. The van der Waals surface area contributed by atoms with Crippen LogP contribution in [0.2, 0.25) is 0 Å². The van der Waals surface area contributed by atoms with Crippen molar-refractivity contribution in [1.29, 1.82) is 0 Å². The van der Waals surface area contributed by atoms with Crippen LogP contribution in [0, 0.1) is 0 Å². The smallest absolute Gasteiger partial charge is 0.0226 e. The van der Waals surface area contributed by atoms with Gasteiger partial charge in [-0.2, -0.15) is 0 Å². The summed E-state index contributed by atoms with van der Waals surface area (Å²) in [5.41, 5.74) is 0. The Kier molecular flexibility index (Phi) is 4.58. The molecule has 1 aromatic carbocycles. The Hall–Kier alpha value is -0.0600. The Balaban J connectivity index is 2.28. The Morgan fingerprint density at radius 1 is 1.18 bits per heavy atom. The molecule has 1 rings (SSSR count). The standard InChI is InChI=1S/C9H12ClP/c10-7-4-8-11-9-5-2-1-3-6-9/h1-3,5-6,11H,4,7-8H2. The average Bonchev–Trinajstić information content (AvgIpc) is 2.07. The van der Waals surface area contributed by atoms with Crippen molar-refractivity contribution in [2.75, 3.05) is 12.0 Å². The molecule has 0 aromatic heterocycles. The van der Waals surface area contributed by atoms with E-state index in [-0.39, 0.29) is 0 Å². The summed E-state index contributed by atoms with van der Waals surface area (Å²) in [6.45, 7) is 0. The largest absolute Gasteiger partial charge is 0.127 e. The summed E-state index contributed by atoms with van der Waals surface area (Å²) < 4.78 is 0. The van der Waals surface area contributed by atoms with E-state index in [0.717, 1.165) is 20.9 Å². The Bertz CT molecular complexity index is 186. The van der Waals surface area contributed by atoms with Crippen LogP contribution < -0.4 is 5.30 Å². The second-order valence-corrected chi connectivity index (χ2v) is 4.14. The molecule has 0 fully saturated rings. The molecule has 11 heavy (non-hydrogen) atoms. The highest BCUT2D eigenvalue weighted by Gasteiger charge is 1.89. The summed E-state index contributed by atoms with van der Waals surface area (Å²) >= 11 is 5.57. The van der Waals surface area contributed by atoms with Crippen molar-refractivity contribution >= 4 is 25.5 Å². The molecule has 0 amide bonds. The van der Waals surface area contributed by atoms with Gasteiger partial charge in [0.1, 0.15) is 0 Å². The van der Waals surface area contributed by atoms with E-state index in [1.54, 1.807) is 0 Å². The number of benzene rings is 1. The van der Waals surface area contributed by atoms with E-state index in [0.29, 0.717) is 0 Å². The SMILES string of the molecule is ClCCCPc1ccccc1. The first-order valence-electron chi connectivity index (χ1n) is 3.78. The van der Waals surface area contributed by atoms with Crippen LogP contribution in [0.3, 0.4) is 0 Å². The number of halogens is 1. The summed E-state index contributed by atoms with van der Waals surface area (Å²) in [6.07, 6.45) is 2.36. The number of alkyl halides is 1. The third-order valence-corrected chi connectivity index (χ3v) is 3.03. The lowest BCUT2D eigenvalue weighted by Gasteiger charge is -1.98. The van der Waals surface area contributed by atoms with Crippen LogP contribution in [-0.2, 0) is 0 Å². The van der Waals surface area contributed by atoms with E-state index in [2.05, 4.69) is 30.3 Å². The molecule has 0 radical (unpaired) electrons. The van der Waals surface area contributed by atoms with E-state index in [4.69, 9.17) is 11.6 Å². The molecule has 2 heteroatoms. The lowest BCUT2D eigenvalue weighted by atomic mass is 10.4. The van der Waals surface area contributed by atoms with Gasteiger partial charge in [-0.15, -0.1) is 11.6 Å². The van der Waals surface area contributed by atoms with Gasteiger partial charge in [0.25, 0.3) is 0 Å². The highest BCUT2D eigenvalue weighted by molar-refractivity contribution is 7.47. The molecule has 60 valence electrons. The van der Waals surface area contributed by atoms with Crippen LogP contribution in [0.4, 0.5) is 0 Å². The minimum absolute atomic E-state index is 0.792. The molecule has 1 unspecified atom stereocenters. The van der Waals surface area contributed by atoms with Gasteiger partial charge in [0.2, 0.25) is 0 Å². The van der Waals surface area contributed by atoms with E-state index >= 15 is 0 Å². The molecule has 0 N–H and O–H groups in total. The van der Waals surface area contributed by atoms with Crippen LogP contribution in [0.25, 0.3) is 0 Å². The Labute approximate surface area is 74.7 Å². The molecule has 0 aliphatic carbocycles. The van der Waals surface area contributed by atoms with Crippen molar-refractivity contribution in [1.82, 2.24) is 0 Å². The molecule has 1 atom stereocenters. The predicted molar refractivity (Wildman–Crippen MR) is 54.6 cm³/mol. The predicted octanol–water partition coefficient (Wildman–Crippen LogP) is 2.62. The first kappa shape index (κ1) is 9.03. The first-order valence-corrected chi connectivity index (χ1v) is 5.52. The second kappa shape index (κ2) is 5.57. The molecule has 0 aliphatic heterocycles. The van der Waals surface area contributed by atoms with Gasteiger partial charge in [0.05, 0.1) is 0 Å². The van der Waals surface area contributed by atoms with Crippen molar-refractivity contribution in [2.24, 2.45) is 0 Å². The van der Waals surface area contributed by atoms with Crippen molar-refractivity contribution in [2.45, 2.75) is 6.42 Å². The van der Waals surface area contributed by atoms with Gasteiger partial charge in [-0.1, -0.05) is 38.9 Å². The quantitative estimate of drug-likeness (QED) is 0.385. The van der Waals surface area contributed by atoms with Crippen LogP contribution in [0.15, 0.2) is 30.3 Å². The van der Waals surface area contributed by atoms with Crippen LogP contribution in [0.5, 0.6) is 0 Å². The number of hydrogen-bond donors (Lipinski definition) is 0. The van der Waals surface area contributed by atoms with Crippen LogP contribution in [-0.4, -0.2) is 12.0 Å². The monoisotopic (exact) mass is 186 g/mol. The maximum Gasteiger partial charge on any atom is 0.0226 e. The fraction of sp³-hybridized carbons (Fsp3) is 0.333. The first-order chi connectivity index (χ1) is 5.43. The topological polar surface area (TPSA) is 0 Å². The van der Waals surface area contributed by atoms with Gasteiger partial charge in [0, 0.05) is 5.88 Å². The highest BCUT2D eigenvalue weighted by atomic mass is 35.5. The minimum Gasteiger partial charge on any atom is -0.127 e. The summed E-state index contributed by atoms with van der Waals surface area (Å²) in [5.74, 6) is 0.792. The van der Waals surface area contributed by atoms with Gasteiger partial charge >= 0.3 is 0 Å². The van der Waals surface area contributed by atoms with Crippen molar-refractivity contribution in [3.05, 3.63) is 30.3 Å². The highest BCUT2D eigenvalue weighted by Crippen LogP contribution is 2.10. The normalized spacial score (nSPS) is 11.0. The molecule has 1 aromatic rings. The average molecular weight is 187 g/mol. The van der Waals surface area contributed by atoms with Crippen molar-refractivity contribution < 1.29 is 0 Å². The maximum atomic E-state index is 5.57. The summed E-state index contributed by atoms with van der Waals surface area (Å²) in [4.78, 5) is 0. The van der Waals surface area contributed by atoms with Gasteiger partial charge in [0.15, 0.2) is 0 Å². The van der Waals surface area contributed by atoms with E-state index in [1.807, 2.05) is 0 Å². The van der Waals surface area contributed by atoms with Gasteiger partial charge in [-0.3, -0.25) is 0 Å². The molecule has 0 nitrogen and oxygen atoms in total. The zero-order valence-corrected chi connectivity index (χ0v) is 8.14. The third kappa shape index (κ3) is 3.74. The second-order valence-electron chi connectivity index (χ2n) is 2.34. The molecule has 0 aliphatic rings. The number of hydrogen-bond acceptors (Lipinski definition) is 0. The van der Waals surface area contributed by atoms with E-state index < -0.39 is 0 Å². The summed E-state index contributed by atoms with van der Waals surface area (Å²) in [7, 11) is 0.927. The summed E-state index contributed by atoms with van der Waals surface area (Å²) in [6, 6.07) is 10.6. The Morgan fingerprint density at radius 2 is 1.91 bits per heavy atom. The Morgan fingerprint density at radius 3 is 2.55 bits per heavy atom. The van der Waals surface area contributed by atoms with Crippen molar-refractivity contribution in [3.63, 3.8) is 0 Å². The zero-order valence-electron chi connectivity index (χ0n) is 6.39. The molecular weight excluding hydrogens is 175 g/mol.